The molecule has 0 aromatic carbocycles. The number of carbonyl (C=O) groups excluding carboxylic acids is 1. The normalized spacial score (nSPS) is 12.2. The van der Waals surface area contributed by atoms with Gasteiger partial charge in [-0.1, -0.05) is 13.0 Å². The van der Waals surface area contributed by atoms with Crippen molar-refractivity contribution in [1.82, 2.24) is 0 Å². The molecule has 0 aliphatic heterocycles. The topological polar surface area (TPSA) is 35.5 Å². The van der Waals surface area contributed by atoms with Crippen molar-refractivity contribution in [2.24, 2.45) is 0 Å². The maximum absolute atomic E-state index is 10.8. The van der Waals surface area contributed by atoms with Gasteiger partial charge in [0, 0.05) is 0 Å². The van der Waals surface area contributed by atoms with E-state index in [2.05, 4.69) is 11.3 Å². The molecule has 3 nitrogen and oxygen atoms in total. The molecule has 1 atom stereocenters. The van der Waals surface area contributed by atoms with Crippen LogP contribution < -0.4 is 0 Å². The molecule has 12 heavy (non-hydrogen) atoms. The van der Waals surface area contributed by atoms with Gasteiger partial charge in [0.25, 0.3) is 0 Å². The van der Waals surface area contributed by atoms with Crippen LogP contribution in [0.15, 0.2) is 12.7 Å². The third kappa shape index (κ3) is 4.91. The zero-order valence-corrected chi connectivity index (χ0v) is 7.71. The fourth-order valence-electron chi connectivity index (χ4n) is 0.794. The monoisotopic (exact) mass is 172 g/mol. The first kappa shape index (κ1) is 11.2. The maximum atomic E-state index is 10.8. The number of hydrogen-bond donors (Lipinski definition) is 0. The van der Waals surface area contributed by atoms with Crippen LogP contribution in [0.5, 0.6) is 0 Å². The molecule has 70 valence electrons. The van der Waals surface area contributed by atoms with Crippen LogP contribution in [0.1, 0.15) is 19.8 Å². The van der Waals surface area contributed by atoms with Crippen LogP contribution in [-0.4, -0.2) is 25.8 Å². The van der Waals surface area contributed by atoms with Gasteiger partial charge in [0.1, 0.15) is 0 Å². The Bertz CT molecular complexity index is 143. The minimum atomic E-state index is -0.231. The molecule has 0 radical (unpaired) electrons. The van der Waals surface area contributed by atoms with Crippen molar-refractivity contribution in [2.45, 2.75) is 25.9 Å². The van der Waals surface area contributed by atoms with Crippen molar-refractivity contribution < 1.29 is 14.3 Å². The molecule has 0 aliphatic rings. The second-order valence-corrected chi connectivity index (χ2v) is 2.43. The average Bonchev–Trinajstić information content (AvgIpc) is 2.11. The van der Waals surface area contributed by atoms with E-state index in [9.17, 15) is 4.79 Å². The standard InChI is InChI=1S/C9H16O3/c1-4-6-12-8(5-2)7-9(10)11-3/h4,8H,1,5-7H2,2-3H3/t8-/m0/s1. The van der Waals surface area contributed by atoms with Crippen LogP contribution in [0.2, 0.25) is 0 Å². The largest absolute Gasteiger partial charge is 0.469 e. The van der Waals surface area contributed by atoms with Crippen molar-refractivity contribution in [3.63, 3.8) is 0 Å². The van der Waals surface area contributed by atoms with Gasteiger partial charge in [0.05, 0.1) is 26.2 Å². The first-order valence-electron chi connectivity index (χ1n) is 4.03. The van der Waals surface area contributed by atoms with E-state index in [0.717, 1.165) is 6.42 Å². The van der Waals surface area contributed by atoms with Crippen molar-refractivity contribution >= 4 is 5.97 Å². The molecule has 0 aromatic heterocycles. The van der Waals surface area contributed by atoms with Gasteiger partial charge in [-0.2, -0.15) is 0 Å². The highest BCUT2D eigenvalue weighted by Crippen LogP contribution is 2.04. The Labute approximate surface area is 73.4 Å². The summed E-state index contributed by atoms with van der Waals surface area (Å²) in [6, 6.07) is 0. The van der Waals surface area contributed by atoms with Crippen molar-refractivity contribution in [1.29, 1.82) is 0 Å². The SMILES string of the molecule is C=CCO[C@@H](CC)CC(=O)OC. The van der Waals surface area contributed by atoms with Crippen LogP contribution in [-0.2, 0) is 14.3 Å². The summed E-state index contributed by atoms with van der Waals surface area (Å²) in [5, 5.41) is 0. The Morgan fingerprint density at radius 1 is 1.67 bits per heavy atom. The van der Waals surface area contributed by atoms with Gasteiger partial charge in [-0.25, -0.2) is 0 Å². The summed E-state index contributed by atoms with van der Waals surface area (Å²) in [6.45, 7) is 5.98. The third-order valence-corrected chi connectivity index (χ3v) is 1.53. The fraction of sp³-hybridized carbons (Fsp3) is 0.667. The van der Waals surface area contributed by atoms with Crippen LogP contribution in [0.25, 0.3) is 0 Å². The number of methoxy groups -OCH3 is 1. The highest BCUT2D eigenvalue weighted by Gasteiger charge is 2.11. The summed E-state index contributed by atoms with van der Waals surface area (Å²) < 4.78 is 9.81. The van der Waals surface area contributed by atoms with E-state index in [0.29, 0.717) is 13.0 Å². The summed E-state index contributed by atoms with van der Waals surface area (Å²) in [7, 11) is 1.38. The molecule has 0 aromatic rings. The summed E-state index contributed by atoms with van der Waals surface area (Å²) in [5.74, 6) is -0.231. The molecule has 0 amide bonds. The highest BCUT2D eigenvalue weighted by atomic mass is 16.5. The van der Waals surface area contributed by atoms with E-state index in [-0.39, 0.29) is 12.1 Å². The van der Waals surface area contributed by atoms with Gasteiger partial charge < -0.3 is 9.47 Å². The molecular weight excluding hydrogens is 156 g/mol. The number of esters is 1. The molecule has 0 bridgehead atoms. The van der Waals surface area contributed by atoms with E-state index >= 15 is 0 Å². The van der Waals surface area contributed by atoms with Crippen LogP contribution in [0, 0.1) is 0 Å². The first-order chi connectivity index (χ1) is 5.74. The molecule has 0 saturated carbocycles. The van der Waals surface area contributed by atoms with Crippen LogP contribution >= 0.6 is 0 Å². The molecule has 0 heterocycles. The molecule has 0 fully saturated rings. The second-order valence-electron chi connectivity index (χ2n) is 2.43. The van der Waals surface area contributed by atoms with Crippen molar-refractivity contribution in [2.75, 3.05) is 13.7 Å². The van der Waals surface area contributed by atoms with Gasteiger partial charge >= 0.3 is 5.97 Å². The predicted octanol–water partition coefficient (Wildman–Crippen LogP) is 1.53. The lowest BCUT2D eigenvalue weighted by atomic mass is 10.2. The molecule has 0 unspecified atom stereocenters. The van der Waals surface area contributed by atoms with E-state index in [4.69, 9.17) is 4.74 Å². The minimum absolute atomic E-state index is 0.0459. The summed E-state index contributed by atoms with van der Waals surface area (Å²) in [6.07, 6.45) is 2.75. The predicted molar refractivity (Wildman–Crippen MR) is 46.9 cm³/mol. The van der Waals surface area contributed by atoms with Gasteiger partial charge in [0.2, 0.25) is 0 Å². The minimum Gasteiger partial charge on any atom is -0.469 e. The Morgan fingerprint density at radius 2 is 2.33 bits per heavy atom. The number of hydrogen-bond acceptors (Lipinski definition) is 3. The van der Waals surface area contributed by atoms with Crippen molar-refractivity contribution in [3.05, 3.63) is 12.7 Å². The Morgan fingerprint density at radius 3 is 2.75 bits per heavy atom. The second kappa shape index (κ2) is 6.85. The van der Waals surface area contributed by atoms with E-state index in [1.54, 1.807) is 6.08 Å². The number of rotatable bonds is 6. The zero-order valence-electron chi connectivity index (χ0n) is 7.71. The quantitative estimate of drug-likeness (QED) is 0.450. The molecule has 0 spiro atoms. The third-order valence-electron chi connectivity index (χ3n) is 1.53. The summed E-state index contributed by atoms with van der Waals surface area (Å²) >= 11 is 0. The smallest absolute Gasteiger partial charge is 0.308 e. The molecule has 0 saturated heterocycles. The maximum Gasteiger partial charge on any atom is 0.308 e. The zero-order chi connectivity index (χ0) is 9.40. The summed E-state index contributed by atoms with van der Waals surface area (Å²) in [5.41, 5.74) is 0. The van der Waals surface area contributed by atoms with Gasteiger partial charge in [-0.3, -0.25) is 4.79 Å². The van der Waals surface area contributed by atoms with E-state index in [1.807, 2.05) is 6.92 Å². The van der Waals surface area contributed by atoms with Gasteiger partial charge in [0.15, 0.2) is 0 Å². The van der Waals surface area contributed by atoms with Crippen LogP contribution in [0.3, 0.4) is 0 Å². The number of carbonyl (C=O) groups is 1. The Kier molecular flexibility index (Phi) is 6.38. The van der Waals surface area contributed by atoms with E-state index in [1.165, 1.54) is 7.11 Å². The lowest BCUT2D eigenvalue weighted by molar-refractivity contribution is -0.143. The highest BCUT2D eigenvalue weighted by molar-refractivity contribution is 5.69. The molecule has 0 N–H and O–H groups in total. The fourth-order valence-corrected chi connectivity index (χ4v) is 0.794. The first-order valence-corrected chi connectivity index (χ1v) is 4.03. The molecule has 3 heteroatoms. The van der Waals surface area contributed by atoms with Crippen molar-refractivity contribution in [3.8, 4) is 0 Å². The molecule has 0 aliphatic carbocycles. The number of ether oxygens (including phenoxy) is 2. The average molecular weight is 172 g/mol. The Hall–Kier alpha value is -0.830. The van der Waals surface area contributed by atoms with Gasteiger partial charge in [-0.05, 0) is 6.42 Å². The van der Waals surface area contributed by atoms with Gasteiger partial charge in [-0.15, -0.1) is 6.58 Å². The molecule has 0 rings (SSSR count). The molecular formula is C9H16O3. The Balaban J connectivity index is 3.66. The van der Waals surface area contributed by atoms with E-state index < -0.39 is 0 Å². The lowest BCUT2D eigenvalue weighted by Gasteiger charge is -2.12. The lowest BCUT2D eigenvalue weighted by Crippen LogP contribution is -2.17. The van der Waals surface area contributed by atoms with Crippen LogP contribution in [0.4, 0.5) is 0 Å². The summed E-state index contributed by atoms with van der Waals surface area (Å²) in [4.78, 5) is 10.8.